The summed E-state index contributed by atoms with van der Waals surface area (Å²) in [5.74, 6) is 0.684. The third kappa shape index (κ3) is 2.94. The Morgan fingerprint density at radius 3 is 2.92 bits per heavy atom. The van der Waals surface area contributed by atoms with Crippen molar-refractivity contribution in [2.75, 3.05) is 18.8 Å². The van der Waals surface area contributed by atoms with Gasteiger partial charge in [-0.3, -0.25) is 9.69 Å². The van der Waals surface area contributed by atoms with Gasteiger partial charge in [0.25, 0.3) is 5.91 Å². The third-order valence-electron chi connectivity index (χ3n) is 5.37. The van der Waals surface area contributed by atoms with Gasteiger partial charge in [-0.1, -0.05) is 12.1 Å². The number of hydrogen-bond donors (Lipinski definition) is 2. The first-order chi connectivity index (χ1) is 11.6. The fourth-order valence-electron chi connectivity index (χ4n) is 4.01. The van der Waals surface area contributed by atoms with Gasteiger partial charge in [0.1, 0.15) is 0 Å². The zero-order valence-electron chi connectivity index (χ0n) is 13.9. The first-order valence-corrected chi connectivity index (χ1v) is 9.42. The maximum Gasteiger partial charge on any atom is 0.261 e. The van der Waals surface area contributed by atoms with Crippen molar-refractivity contribution in [2.45, 2.75) is 31.8 Å². The molecule has 3 aliphatic rings. The molecular formula is C19H23N3OS. The molecule has 4 atom stereocenters. The predicted octanol–water partition coefficient (Wildman–Crippen LogP) is 3.21. The van der Waals surface area contributed by atoms with Gasteiger partial charge in [0, 0.05) is 29.2 Å². The molecule has 3 saturated heterocycles. The zero-order chi connectivity index (χ0) is 16.7. The van der Waals surface area contributed by atoms with Gasteiger partial charge in [-0.25, -0.2) is 0 Å². The second-order valence-corrected chi connectivity index (χ2v) is 8.08. The lowest BCUT2D eigenvalue weighted by atomic mass is 9.80. The van der Waals surface area contributed by atoms with Gasteiger partial charge in [-0.05, 0) is 62.1 Å². The summed E-state index contributed by atoms with van der Waals surface area (Å²) < 4.78 is 0. The number of nitrogens with one attached hydrogen (secondary N) is 1. The lowest BCUT2D eigenvalue weighted by Gasteiger charge is -2.48. The number of nitrogen functional groups attached to an aromatic ring is 1. The minimum Gasteiger partial charge on any atom is -0.399 e. The Labute approximate surface area is 146 Å². The summed E-state index contributed by atoms with van der Waals surface area (Å²) in [5.41, 5.74) is 7.66. The molecular weight excluding hydrogens is 318 g/mol. The SMILES string of the molecule is CC1CC2CCN1C[C@@H]2NC(=O)c1ccc(-c2cccc(N)c2)s1. The van der Waals surface area contributed by atoms with Crippen LogP contribution in [0.5, 0.6) is 0 Å². The van der Waals surface area contributed by atoms with E-state index in [1.54, 1.807) is 0 Å². The van der Waals surface area contributed by atoms with E-state index in [1.807, 2.05) is 36.4 Å². The van der Waals surface area contributed by atoms with Crippen molar-refractivity contribution in [1.29, 1.82) is 0 Å². The van der Waals surface area contributed by atoms with Gasteiger partial charge >= 0.3 is 0 Å². The number of carbonyl (C=O) groups excluding carboxylic acids is 1. The highest BCUT2D eigenvalue weighted by Crippen LogP contribution is 2.33. The third-order valence-corrected chi connectivity index (χ3v) is 6.51. The molecule has 24 heavy (non-hydrogen) atoms. The summed E-state index contributed by atoms with van der Waals surface area (Å²) >= 11 is 1.53. The fraction of sp³-hybridized carbons (Fsp3) is 0.421. The van der Waals surface area contributed by atoms with E-state index in [0.29, 0.717) is 18.0 Å². The minimum absolute atomic E-state index is 0.0570. The second-order valence-electron chi connectivity index (χ2n) is 7.00. The van der Waals surface area contributed by atoms with E-state index in [-0.39, 0.29) is 5.91 Å². The number of nitrogens with two attached hydrogens (primary N) is 1. The van der Waals surface area contributed by atoms with Crippen LogP contribution in [0.4, 0.5) is 5.69 Å². The highest BCUT2D eigenvalue weighted by Gasteiger charge is 2.38. The van der Waals surface area contributed by atoms with Crippen molar-refractivity contribution in [3.63, 3.8) is 0 Å². The monoisotopic (exact) mass is 341 g/mol. The molecule has 5 heteroatoms. The van der Waals surface area contributed by atoms with E-state index in [0.717, 1.165) is 27.5 Å². The van der Waals surface area contributed by atoms with Crippen molar-refractivity contribution in [1.82, 2.24) is 10.2 Å². The van der Waals surface area contributed by atoms with Gasteiger partial charge in [0.15, 0.2) is 0 Å². The van der Waals surface area contributed by atoms with Crippen LogP contribution < -0.4 is 11.1 Å². The number of thiophene rings is 1. The van der Waals surface area contributed by atoms with Crippen molar-refractivity contribution in [3.8, 4) is 10.4 Å². The standard InChI is InChI=1S/C19H23N3OS/c1-12-9-13-7-8-22(12)11-16(13)21-19(23)18-6-5-17(24-18)14-3-2-4-15(20)10-14/h2-6,10,12-13,16H,7-9,11,20H2,1H3,(H,21,23)/t12?,13?,16-/m0/s1. The molecule has 3 aliphatic heterocycles. The molecule has 0 aliphatic carbocycles. The summed E-state index contributed by atoms with van der Waals surface area (Å²) in [6.45, 7) is 4.46. The molecule has 2 aromatic rings. The van der Waals surface area contributed by atoms with Gasteiger partial charge < -0.3 is 11.1 Å². The number of hydrogen-bond acceptors (Lipinski definition) is 4. The number of rotatable bonds is 3. The summed E-state index contributed by atoms with van der Waals surface area (Å²) in [7, 11) is 0. The van der Waals surface area contributed by atoms with Gasteiger partial charge in [0.2, 0.25) is 0 Å². The fourth-order valence-corrected chi connectivity index (χ4v) is 4.91. The van der Waals surface area contributed by atoms with Crippen LogP contribution in [0.3, 0.4) is 0 Å². The van der Waals surface area contributed by atoms with Crippen LogP contribution in [0.2, 0.25) is 0 Å². The molecule has 0 radical (unpaired) electrons. The Morgan fingerprint density at radius 2 is 2.21 bits per heavy atom. The van der Waals surface area contributed by atoms with Crippen molar-refractivity contribution >= 4 is 22.9 Å². The van der Waals surface area contributed by atoms with Crippen LogP contribution in [0.1, 0.15) is 29.4 Å². The Hall–Kier alpha value is -1.85. The Morgan fingerprint density at radius 1 is 1.33 bits per heavy atom. The maximum absolute atomic E-state index is 12.6. The van der Waals surface area contributed by atoms with E-state index in [9.17, 15) is 4.79 Å². The highest BCUT2D eigenvalue weighted by molar-refractivity contribution is 7.17. The molecule has 0 saturated carbocycles. The van der Waals surface area contributed by atoms with Crippen LogP contribution in [0, 0.1) is 5.92 Å². The molecule has 126 valence electrons. The van der Waals surface area contributed by atoms with E-state index in [4.69, 9.17) is 5.73 Å². The first kappa shape index (κ1) is 15.7. The summed E-state index contributed by atoms with van der Waals surface area (Å²) in [4.78, 5) is 17.0. The quantitative estimate of drug-likeness (QED) is 0.843. The van der Waals surface area contributed by atoms with Crippen LogP contribution >= 0.6 is 11.3 Å². The lowest BCUT2D eigenvalue weighted by Crippen LogP contribution is -2.60. The topological polar surface area (TPSA) is 58.4 Å². The first-order valence-electron chi connectivity index (χ1n) is 8.61. The molecule has 4 heterocycles. The summed E-state index contributed by atoms with van der Waals surface area (Å²) in [5, 5.41) is 3.27. The number of carbonyl (C=O) groups is 1. The van der Waals surface area contributed by atoms with Crippen LogP contribution in [-0.4, -0.2) is 36.0 Å². The van der Waals surface area contributed by atoms with Crippen molar-refractivity contribution in [2.24, 2.45) is 5.92 Å². The molecule has 3 N–H and O–H groups in total. The molecule has 2 bridgehead atoms. The van der Waals surface area contributed by atoms with Gasteiger partial charge in [0.05, 0.1) is 4.88 Å². The molecule has 3 unspecified atom stereocenters. The molecule has 5 rings (SSSR count). The van der Waals surface area contributed by atoms with E-state index < -0.39 is 0 Å². The largest absolute Gasteiger partial charge is 0.399 e. The normalized spacial score (nSPS) is 28.7. The number of piperidine rings is 3. The van der Waals surface area contributed by atoms with Crippen LogP contribution in [0.25, 0.3) is 10.4 Å². The summed E-state index contributed by atoms with van der Waals surface area (Å²) in [6, 6.07) is 12.7. The lowest BCUT2D eigenvalue weighted by molar-refractivity contribution is 0.0275. The van der Waals surface area contributed by atoms with E-state index >= 15 is 0 Å². The van der Waals surface area contributed by atoms with Crippen molar-refractivity contribution in [3.05, 3.63) is 41.3 Å². The second kappa shape index (κ2) is 6.22. The number of benzene rings is 1. The number of amides is 1. The van der Waals surface area contributed by atoms with E-state index in [2.05, 4.69) is 17.1 Å². The number of fused-ring (bicyclic) bond motifs is 3. The Balaban J connectivity index is 1.46. The molecule has 4 nitrogen and oxygen atoms in total. The Bertz CT molecular complexity index is 757. The number of nitrogens with zero attached hydrogens (tertiary/aromatic N) is 1. The molecule has 3 fully saturated rings. The summed E-state index contributed by atoms with van der Waals surface area (Å²) in [6.07, 6.45) is 2.40. The molecule has 0 spiro atoms. The number of anilines is 1. The molecule has 1 aromatic carbocycles. The van der Waals surface area contributed by atoms with Gasteiger partial charge in [-0.2, -0.15) is 0 Å². The van der Waals surface area contributed by atoms with Crippen LogP contribution in [0.15, 0.2) is 36.4 Å². The predicted molar refractivity (Wildman–Crippen MR) is 99.2 cm³/mol. The zero-order valence-corrected chi connectivity index (χ0v) is 14.7. The van der Waals surface area contributed by atoms with Gasteiger partial charge in [-0.15, -0.1) is 11.3 Å². The molecule has 1 aromatic heterocycles. The van der Waals surface area contributed by atoms with Crippen molar-refractivity contribution < 1.29 is 4.79 Å². The maximum atomic E-state index is 12.6. The highest BCUT2D eigenvalue weighted by atomic mass is 32.1. The Kier molecular flexibility index (Phi) is 4.06. The smallest absolute Gasteiger partial charge is 0.261 e. The van der Waals surface area contributed by atoms with E-state index in [1.165, 1.54) is 30.7 Å². The average Bonchev–Trinajstić information content (AvgIpc) is 3.06. The minimum atomic E-state index is 0.0570. The van der Waals surface area contributed by atoms with Crippen LogP contribution in [-0.2, 0) is 0 Å². The molecule has 1 amide bonds. The average molecular weight is 341 g/mol.